The van der Waals surface area contributed by atoms with Gasteiger partial charge >= 0.3 is 6.01 Å². The van der Waals surface area contributed by atoms with Gasteiger partial charge in [-0.3, -0.25) is 0 Å². The Kier molecular flexibility index (Phi) is 3.74. The maximum atomic E-state index is 5.69. The van der Waals surface area contributed by atoms with Crippen LogP contribution >= 0.6 is 0 Å². The van der Waals surface area contributed by atoms with E-state index in [1.807, 2.05) is 6.07 Å². The molecule has 0 bridgehead atoms. The Labute approximate surface area is 127 Å². The van der Waals surface area contributed by atoms with E-state index in [9.17, 15) is 0 Å². The Balaban J connectivity index is 1.70. The highest BCUT2D eigenvalue weighted by Crippen LogP contribution is 2.24. The topological polar surface area (TPSA) is 96.3 Å². The number of anilines is 2. The van der Waals surface area contributed by atoms with Crippen molar-refractivity contribution in [1.82, 2.24) is 9.97 Å². The second kappa shape index (κ2) is 6.01. The zero-order chi connectivity index (χ0) is 15.4. The van der Waals surface area contributed by atoms with Crippen LogP contribution in [-0.4, -0.2) is 9.97 Å². The summed E-state index contributed by atoms with van der Waals surface area (Å²) in [6.07, 6.45) is 3.05. The third-order valence-electron chi connectivity index (χ3n) is 2.77. The largest absolute Gasteiger partial charge is 0.454 e. The number of rotatable bonds is 4. The molecular formula is C16H14N4O2. The summed E-state index contributed by atoms with van der Waals surface area (Å²) in [7, 11) is 0. The monoisotopic (exact) mass is 294 g/mol. The molecule has 1 aromatic heterocycles. The zero-order valence-corrected chi connectivity index (χ0v) is 11.6. The molecule has 0 saturated carbocycles. The smallest absolute Gasteiger partial charge is 0.322 e. The van der Waals surface area contributed by atoms with Crippen molar-refractivity contribution in [1.29, 1.82) is 0 Å². The van der Waals surface area contributed by atoms with Gasteiger partial charge in [-0.25, -0.2) is 0 Å². The van der Waals surface area contributed by atoms with E-state index in [4.69, 9.17) is 20.9 Å². The molecule has 3 aromatic rings. The van der Waals surface area contributed by atoms with Gasteiger partial charge in [0.05, 0.1) is 12.4 Å². The van der Waals surface area contributed by atoms with Crippen LogP contribution in [0.3, 0.4) is 0 Å². The molecule has 0 aliphatic heterocycles. The normalized spacial score (nSPS) is 10.2. The van der Waals surface area contributed by atoms with Crippen LogP contribution in [0.4, 0.5) is 11.4 Å². The third-order valence-corrected chi connectivity index (χ3v) is 2.77. The maximum Gasteiger partial charge on any atom is 0.322 e. The summed E-state index contributed by atoms with van der Waals surface area (Å²) < 4.78 is 11.1. The molecule has 0 saturated heterocycles. The van der Waals surface area contributed by atoms with E-state index in [1.165, 1.54) is 12.4 Å². The van der Waals surface area contributed by atoms with Gasteiger partial charge in [-0.1, -0.05) is 12.1 Å². The minimum atomic E-state index is 0.213. The number of nitrogens with two attached hydrogens (primary N) is 2. The quantitative estimate of drug-likeness (QED) is 0.717. The Hall–Kier alpha value is -3.28. The highest BCUT2D eigenvalue weighted by molar-refractivity contribution is 5.45. The molecule has 0 fully saturated rings. The lowest BCUT2D eigenvalue weighted by atomic mass is 10.3. The molecule has 0 atom stereocenters. The number of nitrogens with zero attached hydrogens (tertiary/aromatic N) is 2. The number of ether oxygens (including phenoxy) is 2. The molecule has 3 rings (SSSR count). The summed E-state index contributed by atoms with van der Waals surface area (Å²) in [5.41, 5.74) is 12.6. The lowest BCUT2D eigenvalue weighted by Crippen LogP contribution is -1.94. The fraction of sp³-hybridized carbons (Fsp3) is 0. The first-order valence-corrected chi connectivity index (χ1v) is 6.58. The predicted molar refractivity (Wildman–Crippen MR) is 83.9 cm³/mol. The van der Waals surface area contributed by atoms with E-state index in [1.54, 1.807) is 42.5 Å². The van der Waals surface area contributed by atoms with Crippen molar-refractivity contribution in [2.24, 2.45) is 0 Å². The average Bonchev–Trinajstić information content (AvgIpc) is 2.49. The summed E-state index contributed by atoms with van der Waals surface area (Å²) >= 11 is 0. The first kappa shape index (κ1) is 13.7. The number of nitrogen functional groups attached to an aromatic ring is 2. The fourth-order valence-corrected chi connectivity index (χ4v) is 1.81. The number of benzene rings is 2. The lowest BCUT2D eigenvalue weighted by Gasteiger charge is -2.07. The van der Waals surface area contributed by atoms with Crippen molar-refractivity contribution in [2.45, 2.75) is 0 Å². The van der Waals surface area contributed by atoms with Gasteiger partial charge in [-0.15, -0.1) is 0 Å². The van der Waals surface area contributed by atoms with Gasteiger partial charge in [0.2, 0.25) is 0 Å². The van der Waals surface area contributed by atoms with Crippen molar-refractivity contribution < 1.29 is 9.47 Å². The van der Waals surface area contributed by atoms with Crippen LogP contribution in [0, 0.1) is 0 Å². The van der Waals surface area contributed by atoms with Crippen molar-refractivity contribution in [3.05, 3.63) is 60.9 Å². The fourth-order valence-electron chi connectivity index (χ4n) is 1.81. The predicted octanol–water partition coefficient (Wildman–Crippen LogP) is 3.23. The Bertz CT molecular complexity index is 709. The van der Waals surface area contributed by atoms with Gasteiger partial charge < -0.3 is 20.9 Å². The number of aromatic nitrogens is 2. The summed E-state index contributed by atoms with van der Waals surface area (Å²) in [5.74, 6) is 1.68. The van der Waals surface area contributed by atoms with Crippen LogP contribution in [-0.2, 0) is 0 Å². The van der Waals surface area contributed by atoms with Crippen LogP contribution in [0.5, 0.6) is 23.3 Å². The van der Waals surface area contributed by atoms with Gasteiger partial charge in [0.15, 0.2) is 5.75 Å². The Morgan fingerprint density at radius 1 is 0.682 bits per heavy atom. The molecular weight excluding hydrogens is 280 g/mol. The Morgan fingerprint density at radius 3 is 1.77 bits per heavy atom. The van der Waals surface area contributed by atoms with Gasteiger partial charge in [-0.2, -0.15) is 9.97 Å². The zero-order valence-electron chi connectivity index (χ0n) is 11.6. The molecule has 0 radical (unpaired) electrons. The Morgan fingerprint density at radius 2 is 1.23 bits per heavy atom. The van der Waals surface area contributed by atoms with Crippen molar-refractivity contribution in [3.63, 3.8) is 0 Å². The van der Waals surface area contributed by atoms with Gasteiger partial charge in [0, 0.05) is 23.5 Å². The van der Waals surface area contributed by atoms with Crippen LogP contribution in [0.15, 0.2) is 60.9 Å². The van der Waals surface area contributed by atoms with Crippen molar-refractivity contribution in [2.75, 3.05) is 11.5 Å². The number of hydrogen-bond acceptors (Lipinski definition) is 6. The van der Waals surface area contributed by atoms with Crippen molar-refractivity contribution >= 4 is 11.4 Å². The van der Waals surface area contributed by atoms with Gasteiger partial charge in [0.25, 0.3) is 0 Å². The van der Waals surface area contributed by atoms with E-state index in [0.717, 1.165) is 0 Å². The molecule has 22 heavy (non-hydrogen) atoms. The molecule has 0 spiro atoms. The first-order chi connectivity index (χ1) is 10.7. The molecule has 0 unspecified atom stereocenters. The van der Waals surface area contributed by atoms with E-state index in [2.05, 4.69) is 9.97 Å². The number of hydrogen-bond donors (Lipinski definition) is 2. The molecule has 110 valence electrons. The summed E-state index contributed by atoms with van der Waals surface area (Å²) in [6.45, 7) is 0. The van der Waals surface area contributed by atoms with Crippen LogP contribution < -0.4 is 20.9 Å². The van der Waals surface area contributed by atoms with E-state index >= 15 is 0 Å². The lowest BCUT2D eigenvalue weighted by molar-refractivity contribution is 0.430. The third kappa shape index (κ3) is 3.43. The summed E-state index contributed by atoms with van der Waals surface area (Å²) in [5, 5.41) is 0. The van der Waals surface area contributed by atoms with E-state index < -0.39 is 0 Å². The first-order valence-electron chi connectivity index (χ1n) is 6.58. The molecule has 6 nitrogen and oxygen atoms in total. The molecule has 2 aromatic carbocycles. The highest BCUT2D eigenvalue weighted by atomic mass is 16.5. The van der Waals surface area contributed by atoms with E-state index in [-0.39, 0.29) is 6.01 Å². The van der Waals surface area contributed by atoms with Crippen LogP contribution in [0.25, 0.3) is 0 Å². The molecule has 0 amide bonds. The van der Waals surface area contributed by atoms with Gasteiger partial charge in [-0.05, 0) is 24.3 Å². The standard InChI is InChI=1S/C16H14N4O2/c17-11-3-1-5-13(7-11)21-15-9-19-16(20-10-15)22-14-6-2-4-12(18)8-14/h1-10H,17-18H2. The second-order valence-corrected chi connectivity index (χ2v) is 4.55. The molecule has 1 heterocycles. The summed E-state index contributed by atoms with van der Waals surface area (Å²) in [6, 6.07) is 14.4. The second-order valence-electron chi connectivity index (χ2n) is 4.55. The molecule has 0 aliphatic rings. The minimum Gasteiger partial charge on any atom is -0.454 e. The van der Waals surface area contributed by atoms with Crippen LogP contribution in [0.2, 0.25) is 0 Å². The highest BCUT2D eigenvalue weighted by Gasteiger charge is 2.03. The van der Waals surface area contributed by atoms with Gasteiger partial charge in [0.1, 0.15) is 11.5 Å². The van der Waals surface area contributed by atoms with E-state index in [0.29, 0.717) is 28.6 Å². The minimum absolute atomic E-state index is 0.213. The average molecular weight is 294 g/mol. The SMILES string of the molecule is Nc1cccc(Oc2cnc(Oc3cccc(N)c3)nc2)c1. The van der Waals surface area contributed by atoms with Crippen LogP contribution in [0.1, 0.15) is 0 Å². The molecule has 4 N–H and O–H groups in total. The molecule has 0 aliphatic carbocycles. The molecule has 6 heteroatoms. The van der Waals surface area contributed by atoms with Crippen molar-refractivity contribution in [3.8, 4) is 23.3 Å². The maximum absolute atomic E-state index is 5.69. The summed E-state index contributed by atoms with van der Waals surface area (Å²) in [4.78, 5) is 8.18.